The molecule has 0 bridgehead atoms. The highest BCUT2D eigenvalue weighted by Gasteiger charge is 2.04. The summed E-state index contributed by atoms with van der Waals surface area (Å²) in [6.45, 7) is 0.0434. The van der Waals surface area contributed by atoms with Crippen LogP contribution in [0.25, 0.3) is 0 Å². The van der Waals surface area contributed by atoms with Gasteiger partial charge in [-0.25, -0.2) is 4.39 Å². The van der Waals surface area contributed by atoms with Gasteiger partial charge in [-0.05, 0) is 31.3 Å². The number of hydrogen-bond donors (Lipinski definition) is 3. The molecule has 0 atom stereocenters. The van der Waals surface area contributed by atoms with Crippen molar-refractivity contribution < 1.29 is 14.0 Å². The van der Waals surface area contributed by atoms with E-state index in [1.807, 2.05) is 0 Å². The number of carbonyl (C=O) groups excluding carboxylic acids is 2. The van der Waals surface area contributed by atoms with E-state index >= 15 is 0 Å². The Hall–Kier alpha value is -1.66. The first-order chi connectivity index (χ1) is 8.11. The molecule has 0 heterocycles. The van der Waals surface area contributed by atoms with E-state index in [-0.39, 0.29) is 43.1 Å². The highest BCUT2D eigenvalue weighted by atomic mass is 35.5. The summed E-state index contributed by atoms with van der Waals surface area (Å²) in [5.74, 6) is -0.992. The average molecular weight is 276 g/mol. The molecular weight excluding hydrogens is 261 g/mol. The zero-order valence-electron chi connectivity index (χ0n) is 9.83. The van der Waals surface area contributed by atoms with E-state index in [1.165, 1.54) is 24.3 Å². The smallest absolute Gasteiger partial charge is 0.243 e. The van der Waals surface area contributed by atoms with Crippen molar-refractivity contribution in [2.45, 2.75) is 0 Å². The van der Waals surface area contributed by atoms with Crippen LogP contribution in [-0.4, -0.2) is 32.0 Å². The van der Waals surface area contributed by atoms with Crippen LogP contribution in [0.2, 0.25) is 0 Å². The van der Waals surface area contributed by atoms with Gasteiger partial charge in [0.25, 0.3) is 0 Å². The Labute approximate surface area is 111 Å². The number of halogens is 2. The van der Waals surface area contributed by atoms with Crippen LogP contribution in [0.15, 0.2) is 24.3 Å². The van der Waals surface area contributed by atoms with E-state index in [9.17, 15) is 14.0 Å². The first kappa shape index (κ1) is 16.3. The molecule has 0 aliphatic heterocycles. The van der Waals surface area contributed by atoms with Crippen molar-refractivity contribution in [2.75, 3.05) is 25.5 Å². The molecule has 0 fully saturated rings. The molecule has 0 aromatic heterocycles. The lowest BCUT2D eigenvalue weighted by molar-refractivity contribution is -0.123. The van der Waals surface area contributed by atoms with Crippen LogP contribution in [0.3, 0.4) is 0 Å². The summed E-state index contributed by atoms with van der Waals surface area (Å²) in [4.78, 5) is 22.4. The van der Waals surface area contributed by atoms with Gasteiger partial charge in [0, 0.05) is 5.69 Å². The van der Waals surface area contributed by atoms with Gasteiger partial charge in [-0.15, -0.1) is 12.4 Å². The number of rotatable bonds is 5. The first-order valence-electron chi connectivity index (χ1n) is 5.08. The van der Waals surface area contributed by atoms with Crippen LogP contribution in [0.4, 0.5) is 10.1 Å². The molecule has 1 aromatic carbocycles. The first-order valence-corrected chi connectivity index (χ1v) is 5.08. The number of anilines is 1. The lowest BCUT2D eigenvalue weighted by Crippen LogP contribution is -2.37. The van der Waals surface area contributed by atoms with Crippen molar-refractivity contribution >= 4 is 29.9 Å². The summed E-state index contributed by atoms with van der Waals surface area (Å²) in [6, 6.07) is 5.38. The molecule has 3 N–H and O–H groups in total. The van der Waals surface area contributed by atoms with Gasteiger partial charge in [-0.3, -0.25) is 9.59 Å². The topological polar surface area (TPSA) is 70.2 Å². The average Bonchev–Trinajstić information content (AvgIpc) is 2.30. The SMILES string of the molecule is CNCC(=O)NCC(=O)Nc1ccc(F)cc1.Cl. The maximum Gasteiger partial charge on any atom is 0.243 e. The Bertz CT molecular complexity index is 398. The molecule has 1 rings (SSSR count). The van der Waals surface area contributed by atoms with Crippen LogP contribution in [0.5, 0.6) is 0 Å². The van der Waals surface area contributed by atoms with E-state index in [2.05, 4.69) is 16.0 Å². The molecule has 100 valence electrons. The highest BCUT2D eigenvalue weighted by Crippen LogP contribution is 2.07. The fourth-order valence-corrected chi connectivity index (χ4v) is 1.14. The van der Waals surface area contributed by atoms with Gasteiger partial charge < -0.3 is 16.0 Å². The van der Waals surface area contributed by atoms with Gasteiger partial charge in [-0.1, -0.05) is 0 Å². The Balaban J connectivity index is 0.00000289. The fraction of sp³-hybridized carbons (Fsp3) is 0.273. The van der Waals surface area contributed by atoms with Gasteiger partial charge in [0.15, 0.2) is 0 Å². The molecule has 0 radical (unpaired) electrons. The third-order valence-corrected chi connectivity index (χ3v) is 1.91. The molecule has 1 aromatic rings. The minimum Gasteiger partial charge on any atom is -0.346 e. The number of nitrogens with one attached hydrogen (secondary N) is 3. The maximum atomic E-state index is 12.6. The minimum absolute atomic E-state index is 0. The number of amides is 2. The van der Waals surface area contributed by atoms with Crippen LogP contribution in [0.1, 0.15) is 0 Å². The van der Waals surface area contributed by atoms with Crippen molar-refractivity contribution in [3.63, 3.8) is 0 Å². The molecule has 0 saturated heterocycles. The van der Waals surface area contributed by atoms with E-state index in [0.717, 1.165) is 0 Å². The molecule has 0 aliphatic rings. The largest absolute Gasteiger partial charge is 0.346 e. The van der Waals surface area contributed by atoms with Crippen molar-refractivity contribution in [1.82, 2.24) is 10.6 Å². The number of carbonyl (C=O) groups is 2. The predicted octanol–water partition coefficient (Wildman–Crippen LogP) is 0.522. The second-order valence-corrected chi connectivity index (χ2v) is 3.36. The molecule has 0 aliphatic carbocycles. The third kappa shape index (κ3) is 6.17. The van der Waals surface area contributed by atoms with Gasteiger partial charge in [0.1, 0.15) is 5.82 Å². The van der Waals surface area contributed by atoms with E-state index in [1.54, 1.807) is 7.05 Å². The van der Waals surface area contributed by atoms with E-state index < -0.39 is 0 Å². The van der Waals surface area contributed by atoms with Crippen LogP contribution in [-0.2, 0) is 9.59 Å². The Morgan fingerprint density at radius 2 is 1.72 bits per heavy atom. The zero-order chi connectivity index (χ0) is 12.7. The van der Waals surface area contributed by atoms with Gasteiger partial charge >= 0.3 is 0 Å². The highest BCUT2D eigenvalue weighted by molar-refractivity contribution is 5.94. The van der Waals surface area contributed by atoms with E-state index in [4.69, 9.17) is 0 Å². The standard InChI is InChI=1S/C11H14FN3O2.ClH/c1-13-6-10(16)14-7-11(17)15-9-4-2-8(12)3-5-9;/h2-5,13H,6-7H2,1H3,(H,14,16)(H,15,17);1H. The third-order valence-electron chi connectivity index (χ3n) is 1.91. The van der Waals surface area contributed by atoms with Crippen LogP contribution in [0, 0.1) is 5.82 Å². The summed E-state index contributed by atoms with van der Waals surface area (Å²) >= 11 is 0. The van der Waals surface area contributed by atoms with Crippen molar-refractivity contribution in [3.05, 3.63) is 30.1 Å². The summed E-state index contributed by atoms with van der Waals surface area (Å²) < 4.78 is 12.6. The molecule has 7 heteroatoms. The lowest BCUT2D eigenvalue weighted by atomic mass is 10.3. The molecular formula is C11H15ClFN3O2. The molecule has 5 nitrogen and oxygen atoms in total. The van der Waals surface area contributed by atoms with Gasteiger partial charge in [0.05, 0.1) is 13.1 Å². The monoisotopic (exact) mass is 275 g/mol. The van der Waals surface area contributed by atoms with Crippen molar-refractivity contribution in [1.29, 1.82) is 0 Å². The Morgan fingerprint density at radius 1 is 1.11 bits per heavy atom. The van der Waals surface area contributed by atoms with E-state index in [0.29, 0.717) is 5.69 Å². The van der Waals surface area contributed by atoms with Crippen molar-refractivity contribution in [3.8, 4) is 0 Å². The predicted molar refractivity (Wildman–Crippen MR) is 69.2 cm³/mol. The van der Waals surface area contributed by atoms with Gasteiger partial charge in [0.2, 0.25) is 11.8 Å². The number of hydrogen-bond acceptors (Lipinski definition) is 3. The molecule has 0 unspecified atom stereocenters. The maximum absolute atomic E-state index is 12.6. The molecule has 0 spiro atoms. The summed E-state index contributed by atoms with van der Waals surface area (Å²) in [6.07, 6.45) is 0. The normalized spacial score (nSPS) is 9.22. The van der Waals surface area contributed by atoms with Crippen molar-refractivity contribution in [2.24, 2.45) is 0 Å². The van der Waals surface area contributed by atoms with Crippen LogP contribution < -0.4 is 16.0 Å². The lowest BCUT2D eigenvalue weighted by Gasteiger charge is -2.06. The quantitative estimate of drug-likeness (QED) is 0.734. The number of likely N-dealkylation sites (N-methyl/N-ethyl adjacent to an activating group) is 1. The summed E-state index contributed by atoms with van der Waals surface area (Å²) in [5.41, 5.74) is 0.485. The minimum atomic E-state index is -0.370. The second kappa shape index (κ2) is 8.43. The molecule has 0 saturated carbocycles. The molecule has 18 heavy (non-hydrogen) atoms. The number of benzene rings is 1. The summed E-state index contributed by atoms with van der Waals surface area (Å²) in [5, 5.41) is 7.62. The Kier molecular flexibility index (Phi) is 7.66. The summed E-state index contributed by atoms with van der Waals surface area (Å²) in [7, 11) is 1.64. The van der Waals surface area contributed by atoms with Crippen LogP contribution >= 0.6 is 12.4 Å². The molecule has 2 amide bonds. The zero-order valence-corrected chi connectivity index (χ0v) is 10.6. The fourth-order valence-electron chi connectivity index (χ4n) is 1.14. The second-order valence-electron chi connectivity index (χ2n) is 3.36. The van der Waals surface area contributed by atoms with Gasteiger partial charge in [-0.2, -0.15) is 0 Å². The Morgan fingerprint density at radius 3 is 2.28 bits per heavy atom.